The molecule has 3 nitrogen and oxygen atoms in total. The molecule has 3 aliphatic rings. The fourth-order valence-electron chi connectivity index (χ4n) is 3.90. The van der Waals surface area contributed by atoms with E-state index < -0.39 is 15.8 Å². The van der Waals surface area contributed by atoms with Crippen molar-refractivity contribution in [3.8, 4) is 0 Å². The van der Waals surface area contributed by atoms with Crippen molar-refractivity contribution in [3.05, 3.63) is 41.7 Å². The van der Waals surface area contributed by atoms with E-state index in [-0.39, 0.29) is 17.0 Å². The molecule has 2 saturated heterocycles. The molecule has 2 unspecified atom stereocenters. The minimum absolute atomic E-state index is 0.00774. The zero-order valence-corrected chi connectivity index (χ0v) is 13.2. The number of piperidine rings is 1. The Hall–Kier alpha value is -1.20. The molecule has 2 aliphatic heterocycles. The summed E-state index contributed by atoms with van der Waals surface area (Å²) >= 11 is 0. The predicted molar refractivity (Wildman–Crippen MR) is 82.3 cm³/mol. The van der Waals surface area contributed by atoms with E-state index in [1.165, 1.54) is 36.6 Å². The molecule has 2 heterocycles. The number of halogens is 1. The average molecular weight is 321 g/mol. The highest BCUT2D eigenvalue weighted by Gasteiger charge is 2.46. The molecule has 1 aliphatic carbocycles. The zero-order valence-electron chi connectivity index (χ0n) is 12.4. The minimum Gasteiger partial charge on any atom is -0.207 e. The number of hydrogen-bond donors (Lipinski definition) is 0. The van der Waals surface area contributed by atoms with Gasteiger partial charge in [0.15, 0.2) is 0 Å². The number of allylic oxidation sites excluding steroid dienone is 1. The van der Waals surface area contributed by atoms with Crippen molar-refractivity contribution in [1.29, 1.82) is 0 Å². The molecule has 118 valence electrons. The monoisotopic (exact) mass is 321 g/mol. The van der Waals surface area contributed by atoms with Gasteiger partial charge in [0.2, 0.25) is 10.0 Å². The summed E-state index contributed by atoms with van der Waals surface area (Å²) < 4.78 is 41.3. The topological polar surface area (TPSA) is 37.4 Å². The van der Waals surface area contributed by atoms with Crippen LogP contribution in [0.5, 0.6) is 0 Å². The Labute approximate surface area is 130 Å². The standard InChI is InChI=1S/C17H20FNO2S/c18-16-3-1-2-4-17(16)22(20,21)19-14-7-8-15(19)11-13(10-14)9-12-5-6-12/h1-4,9,12,14-15H,5-8,10-11H2. The van der Waals surface area contributed by atoms with Gasteiger partial charge in [-0.3, -0.25) is 0 Å². The first kappa shape index (κ1) is 14.4. The lowest BCUT2D eigenvalue weighted by molar-refractivity contribution is 0.283. The largest absolute Gasteiger partial charge is 0.246 e. The van der Waals surface area contributed by atoms with Crippen molar-refractivity contribution in [3.63, 3.8) is 0 Å². The Morgan fingerprint density at radius 3 is 2.27 bits per heavy atom. The Kier molecular flexibility index (Phi) is 3.38. The van der Waals surface area contributed by atoms with Crippen LogP contribution in [-0.2, 0) is 10.0 Å². The van der Waals surface area contributed by atoms with Crippen molar-refractivity contribution in [1.82, 2.24) is 4.31 Å². The molecule has 2 bridgehead atoms. The molecule has 1 aromatic carbocycles. The maximum Gasteiger partial charge on any atom is 0.246 e. The number of benzene rings is 1. The molecular formula is C17H20FNO2S. The minimum atomic E-state index is -3.73. The van der Waals surface area contributed by atoms with Crippen LogP contribution in [-0.4, -0.2) is 24.8 Å². The lowest BCUT2D eigenvalue weighted by Crippen LogP contribution is -2.44. The van der Waals surface area contributed by atoms with E-state index in [1.807, 2.05) is 0 Å². The molecule has 1 saturated carbocycles. The summed E-state index contributed by atoms with van der Waals surface area (Å²) in [5, 5.41) is 0. The Bertz CT molecular complexity index is 708. The van der Waals surface area contributed by atoms with Crippen LogP contribution in [0.25, 0.3) is 0 Å². The van der Waals surface area contributed by atoms with Crippen LogP contribution in [0.3, 0.4) is 0 Å². The van der Waals surface area contributed by atoms with Crippen LogP contribution in [0.2, 0.25) is 0 Å². The second kappa shape index (κ2) is 5.17. The third-order valence-electron chi connectivity index (χ3n) is 5.03. The molecule has 0 radical (unpaired) electrons. The van der Waals surface area contributed by atoms with Gasteiger partial charge in [-0.2, -0.15) is 4.31 Å². The molecule has 0 aromatic heterocycles. The summed E-state index contributed by atoms with van der Waals surface area (Å²) in [4.78, 5) is -0.179. The van der Waals surface area contributed by atoms with Crippen molar-refractivity contribution in [2.24, 2.45) is 5.92 Å². The summed E-state index contributed by atoms with van der Waals surface area (Å²) in [7, 11) is -3.73. The Morgan fingerprint density at radius 1 is 1.05 bits per heavy atom. The van der Waals surface area contributed by atoms with Gasteiger partial charge in [0.25, 0.3) is 0 Å². The van der Waals surface area contributed by atoms with Crippen LogP contribution in [0.4, 0.5) is 4.39 Å². The van der Waals surface area contributed by atoms with Crippen molar-refractivity contribution in [2.45, 2.75) is 55.5 Å². The molecule has 22 heavy (non-hydrogen) atoms. The average Bonchev–Trinajstić information content (AvgIpc) is 3.23. The maximum absolute atomic E-state index is 14.0. The van der Waals surface area contributed by atoms with Crippen LogP contribution in [0.15, 0.2) is 40.8 Å². The van der Waals surface area contributed by atoms with Crippen LogP contribution >= 0.6 is 0 Å². The summed E-state index contributed by atoms with van der Waals surface area (Å²) in [6.45, 7) is 0. The second-order valence-electron chi connectivity index (χ2n) is 6.72. The van der Waals surface area contributed by atoms with Gasteiger partial charge in [-0.1, -0.05) is 23.8 Å². The van der Waals surface area contributed by atoms with E-state index >= 15 is 0 Å². The van der Waals surface area contributed by atoms with E-state index in [0.717, 1.165) is 31.6 Å². The lowest BCUT2D eigenvalue weighted by atomic mass is 9.98. The lowest BCUT2D eigenvalue weighted by Gasteiger charge is -2.35. The van der Waals surface area contributed by atoms with Gasteiger partial charge in [-0.05, 0) is 56.6 Å². The van der Waals surface area contributed by atoms with Gasteiger partial charge in [0.1, 0.15) is 10.7 Å². The third kappa shape index (κ3) is 2.40. The highest BCUT2D eigenvalue weighted by molar-refractivity contribution is 7.89. The molecule has 4 rings (SSSR count). The number of nitrogens with zero attached hydrogens (tertiary/aromatic N) is 1. The smallest absolute Gasteiger partial charge is 0.207 e. The summed E-state index contributed by atoms with van der Waals surface area (Å²) in [5.41, 5.74) is 1.41. The Morgan fingerprint density at radius 2 is 1.68 bits per heavy atom. The van der Waals surface area contributed by atoms with E-state index in [0.29, 0.717) is 0 Å². The van der Waals surface area contributed by atoms with Gasteiger partial charge < -0.3 is 0 Å². The molecule has 5 heteroatoms. The van der Waals surface area contributed by atoms with Crippen molar-refractivity contribution >= 4 is 10.0 Å². The summed E-state index contributed by atoms with van der Waals surface area (Å²) in [6, 6.07) is 5.72. The van der Waals surface area contributed by atoms with Gasteiger partial charge in [-0.15, -0.1) is 0 Å². The highest BCUT2D eigenvalue weighted by atomic mass is 32.2. The number of fused-ring (bicyclic) bond motifs is 2. The molecule has 0 amide bonds. The first-order valence-electron chi connectivity index (χ1n) is 8.03. The molecule has 3 fully saturated rings. The molecular weight excluding hydrogens is 301 g/mol. The second-order valence-corrected chi connectivity index (χ2v) is 8.53. The normalized spacial score (nSPS) is 28.9. The number of hydrogen-bond acceptors (Lipinski definition) is 2. The molecule has 0 N–H and O–H groups in total. The van der Waals surface area contributed by atoms with Crippen LogP contribution in [0, 0.1) is 11.7 Å². The van der Waals surface area contributed by atoms with Crippen molar-refractivity contribution in [2.75, 3.05) is 0 Å². The van der Waals surface area contributed by atoms with E-state index in [2.05, 4.69) is 6.08 Å². The first-order valence-corrected chi connectivity index (χ1v) is 9.47. The molecule has 1 aromatic rings. The van der Waals surface area contributed by atoms with Gasteiger partial charge in [0.05, 0.1) is 0 Å². The molecule has 0 spiro atoms. The summed E-state index contributed by atoms with van der Waals surface area (Å²) in [6.07, 6.45) is 8.33. The van der Waals surface area contributed by atoms with Crippen LogP contribution in [0.1, 0.15) is 38.5 Å². The van der Waals surface area contributed by atoms with Gasteiger partial charge in [-0.25, -0.2) is 12.8 Å². The SMILES string of the molecule is O=S(=O)(c1ccccc1F)N1C2CCC1CC(=CC1CC1)C2. The third-order valence-corrected chi connectivity index (χ3v) is 7.07. The molecule has 2 atom stereocenters. The zero-order chi connectivity index (χ0) is 15.3. The van der Waals surface area contributed by atoms with Crippen molar-refractivity contribution < 1.29 is 12.8 Å². The fraction of sp³-hybridized carbons (Fsp3) is 0.529. The maximum atomic E-state index is 14.0. The number of rotatable bonds is 3. The van der Waals surface area contributed by atoms with Gasteiger partial charge >= 0.3 is 0 Å². The fourth-order valence-corrected chi connectivity index (χ4v) is 5.84. The van der Waals surface area contributed by atoms with Crippen LogP contribution < -0.4 is 0 Å². The quantitative estimate of drug-likeness (QED) is 0.799. The first-order chi connectivity index (χ1) is 10.6. The Balaban J connectivity index is 1.65. The van der Waals surface area contributed by atoms with E-state index in [1.54, 1.807) is 10.4 Å². The van der Waals surface area contributed by atoms with E-state index in [4.69, 9.17) is 0 Å². The van der Waals surface area contributed by atoms with E-state index in [9.17, 15) is 12.8 Å². The van der Waals surface area contributed by atoms with Gasteiger partial charge in [0, 0.05) is 12.1 Å². The highest BCUT2D eigenvalue weighted by Crippen LogP contribution is 2.44. The summed E-state index contributed by atoms with van der Waals surface area (Å²) in [5.74, 6) is 0.0744. The number of sulfonamides is 1. The predicted octanol–water partition coefficient (Wildman–Crippen LogP) is 3.48.